The molecule has 0 spiro atoms. The molecule has 0 amide bonds. The molecule has 0 atom stereocenters. The van der Waals surface area contributed by atoms with Crippen LogP contribution in [0.1, 0.15) is 26.4 Å². The molecule has 0 aliphatic heterocycles. The predicted octanol–water partition coefficient (Wildman–Crippen LogP) is 1.48. The predicted molar refractivity (Wildman–Crippen MR) is 69.6 cm³/mol. The highest BCUT2D eigenvalue weighted by Gasteiger charge is 2.35. The first-order valence-electron chi connectivity index (χ1n) is 6.05. The van der Waals surface area contributed by atoms with Crippen LogP contribution < -0.4 is 0 Å². The molecule has 6 nitrogen and oxygen atoms in total. The number of rotatable bonds is 0. The summed E-state index contributed by atoms with van der Waals surface area (Å²) in [5.41, 5.74) is 3.22. The number of pyridine rings is 1. The topological polar surface area (TPSA) is 77.2 Å². The Bertz CT molecular complexity index is 911. The molecule has 0 unspecified atom stereocenters. The van der Waals surface area contributed by atoms with Gasteiger partial charge in [-0.3, -0.25) is 14.0 Å². The monoisotopic (exact) mass is 264 g/mol. The summed E-state index contributed by atoms with van der Waals surface area (Å²) in [4.78, 5) is 28.9. The Morgan fingerprint density at radius 3 is 2.55 bits per heavy atom. The van der Waals surface area contributed by atoms with Gasteiger partial charge in [0.25, 0.3) is 5.78 Å². The van der Waals surface area contributed by atoms with E-state index in [1.54, 1.807) is 10.6 Å². The number of imidazole rings is 1. The molecule has 1 aliphatic rings. The second-order valence-corrected chi connectivity index (χ2v) is 4.72. The lowest BCUT2D eigenvalue weighted by atomic mass is 9.93. The standard InChI is InChI=1S/C14H8N4O2/c1-7-2-3-10-17-11-8-4-15-16-5-9(8)13(19)14(20)12(11)18(10)6-7/h2-6H,1H3. The maximum Gasteiger partial charge on any atom is 0.252 e. The van der Waals surface area contributed by atoms with Crippen molar-refractivity contribution in [2.24, 2.45) is 0 Å². The summed E-state index contributed by atoms with van der Waals surface area (Å²) in [6, 6.07) is 3.73. The van der Waals surface area contributed by atoms with Gasteiger partial charge in [-0.15, -0.1) is 0 Å². The molecular formula is C14H8N4O2. The molecule has 1 aliphatic carbocycles. The summed E-state index contributed by atoms with van der Waals surface area (Å²) in [5.74, 6) is -1.12. The zero-order chi connectivity index (χ0) is 13.9. The van der Waals surface area contributed by atoms with Crippen molar-refractivity contribution in [2.75, 3.05) is 0 Å². The largest absolute Gasteiger partial charge is 0.296 e. The fourth-order valence-electron chi connectivity index (χ4n) is 2.48. The van der Waals surface area contributed by atoms with E-state index in [9.17, 15) is 9.59 Å². The van der Waals surface area contributed by atoms with Crippen LogP contribution in [-0.4, -0.2) is 31.1 Å². The van der Waals surface area contributed by atoms with Gasteiger partial charge in [-0.25, -0.2) is 4.98 Å². The molecule has 0 N–H and O–H groups in total. The number of nitrogens with zero attached hydrogens (tertiary/aromatic N) is 4. The minimum atomic E-state index is -0.564. The summed E-state index contributed by atoms with van der Waals surface area (Å²) in [7, 11) is 0. The van der Waals surface area contributed by atoms with E-state index in [1.165, 1.54) is 12.4 Å². The second-order valence-electron chi connectivity index (χ2n) is 4.72. The lowest BCUT2D eigenvalue weighted by Gasteiger charge is -2.12. The third kappa shape index (κ3) is 1.25. The lowest BCUT2D eigenvalue weighted by Crippen LogP contribution is -2.23. The van der Waals surface area contributed by atoms with E-state index in [2.05, 4.69) is 15.2 Å². The highest BCUT2D eigenvalue weighted by Crippen LogP contribution is 2.32. The van der Waals surface area contributed by atoms with Gasteiger partial charge in [0.1, 0.15) is 17.0 Å². The number of hydrogen-bond acceptors (Lipinski definition) is 5. The van der Waals surface area contributed by atoms with Crippen molar-refractivity contribution >= 4 is 17.2 Å². The van der Waals surface area contributed by atoms with Crippen LogP contribution in [0.4, 0.5) is 0 Å². The van der Waals surface area contributed by atoms with Crippen LogP contribution >= 0.6 is 0 Å². The maximum absolute atomic E-state index is 12.3. The number of aryl methyl sites for hydroxylation is 1. The smallest absolute Gasteiger partial charge is 0.252 e. The van der Waals surface area contributed by atoms with Gasteiger partial charge in [0.2, 0.25) is 5.78 Å². The van der Waals surface area contributed by atoms with Crippen LogP contribution in [0.5, 0.6) is 0 Å². The number of hydrogen-bond donors (Lipinski definition) is 0. The van der Waals surface area contributed by atoms with Gasteiger partial charge in [-0.2, -0.15) is 10.2 Å². The van der Waals surface area contributed by atoms with Crippen molar-refractivity contribution in [1.29, 1.82) is 0 Å². The third-order valence-electron chi connectivity index (χ3n) is 3.42. The molecule has 20 heavy (non-hydrogen) atoms. The van der Waals surface area contributed by atoms with Gasteiger partial charge in [0, 0.05) is 11.8 Å². The average molecular weight is 264 g/mol. The molecule has 0 aromatic carbocycles. The van der Waals surface area contributed by atoms with E-state index in [0.29, 0.717) is 22.6 Å². The Labute approximate surface area is 113 Å². The quantitative estimate of drug-likeness (QED) is 0.575. The van der Waals surface area contributed by atoms with Crippen LogP contribution in [-0.2, 0) is 0 Å². The van der Waals surface area contributed by atoms with Gasteiger partial charge in [0.15, 0.2) is 0 Å². The van der Waals surface area contributed by atoms with Crippen molar-refractivity contribution in [3.8, 4) is 11.3 Å². The van der Waals surface area contributed by atoms with E-state index in [0.717, 1.165) is 5.56 Å². The molecule has 0 radical (unpaired) electrons. The molecule has 0 saturated heterocycles. The fourth-order valence-corrected chi connectivity index (χ4v) is 2.48. The lowest BCUT2D eigenvalue weighted by molar-refractivity contribution is 0.0811. The minimum Gasteiger partial charge on any atom is -0.296 e. The van der Waals surface area contributed by atoms with Crippen LogP contribution in [0.2, 0.25) is 0 Å². The fraction of sp³-hybridized carbons (Fsp3) is 0.0714. The molecule has 0 bridgehead atoms. The van der Waals surface area contributed by atoms with Gasteiger partial charge < -0.3 is 0 Å². The first kappa shape index (κ1) is 11.0. The minimum absolute atomic E-state index is 0.262. The Morgan fingerprint density at radius 2 is 1.75 bits per heavy atom. The summed E-state index contributed by atoms with van der Waals surface area (Å²) < 4.78 is 1.66. The summed E-state index contributed by atoms with van der Waals surface area (Å²) in [5, 5.41) is 7.45. The van der Waals surface area contributed by atoms with Crippen LogP contribution in [0.15, 0.2) is 30.7 Å². The van der Waals surface area contributed by atoms with Crippen LogP contribution in [0.25, 0.3) is 16.9 Å². The number of carbonyl (C=O) groups is 2. The highest BCUT2D eigenvalue weighted by atomic mass is 16.2. The number of carbonyl (C=O) groups excluding carboxylic acids is 2. The maximum atomic E-state index is 12.3. The Balaban J connectivity index is 2.18. The first-order valence-corrected chi connectivity index (χ1v) is 6.05. The molecule has 3 aromatic heterocycles. The molecule has 3 heterocycles. The van der Waals surface area contributed by atoms with Gasteiger partial charge in [-0.05, 0) is 18.6 Å². The SMILES string of the molecule is Cc1ccc2nc3c(n2c1)C(=O)C(=O)c1cnncc1-3. The zero-order valence-corrected chi connectivity index (χ0v) is 10.5. The van der Waals surface area contributed by atoms with Gasteiger partial charge >= 0.3 is 0 Å². The van der Waals surface area contributed by atoms with E-state index in [4.69, 9.17) is 0 Å². The van der Waals surface area contributed by atoms with E-state index in [-0.39, 0.29) is 5.56 Å². The van der Waals surface area contributed by atoms with Gasteiger partial charge in [-0.1, -0.05) is 6.07 Å². The zero-order valence-electron chi connectivity index (χ0n) is 10.5. The Kier molecular flexibility index (Phi) is 1.96. The molecule has 4 rings (SSSR count). The first-order chi connectivity index (χ1) is 9.66. The van der Waals surface area contributed by atoms with Gasteiger partial charge in [0.05, 0.1) is 18.0 Å². The number of aromatic nitrogens is 4. The molecule has 96 valence electrons. The van der Waals surface area contributed by atoms with E-state index >= 15 is 0 Å². The third-order valence-corrected chi connectivity index (χ3v) is 3.42. The molecule has 0 fully saturated rings. The van der Waals surface area contributed by atoms with Crippen molar-refractivity contribution in [2.45, 2.75) is 6.92 Å². The number of ketones is 2. The summed E-state index contributed by atoms with van der Waals surface area (Å²) in [6.07, 6.45) is 4.58. The number of fused-ring (bicyclic) bond motifs is 5. The molecule has 6 heteroatoms. The normalized spacial score (nSPS) is 13.4. The summed E-state index contributed by atoms with van der Waals surface area (Å²) >= 11 is 0. The van der Waals surface area contributed by atoms with E-state index < -0.39 is 11.6 Å². The van der Waals surface area contributed by atoms with Crippen molar-refractivity contribution in [3.63, 3.8) is 0 Å². The summed E-state index contributed by atoms with van der Waals surface area (Å²) in [6.45, 7) is 1.92. The van der Waals surface area contributed by atoms with Crippen LogP contribution in [0, 0.1) is 6.92 Å². The molecule has 3 aromatic rings. The Morgan fingerprint density at radius 1 is 1.00 bits per heavy atom. The number of Topliss-reactive ketones (excluding diaryl/α,β-unsaturated/α-hetero) is 2. The molecule has 0 saturated carbocycles. The second kappa shape index (κ2) is 3.57. The van der Waals surface area contributed by atoms with Crippen molar-refractivity contribution in [1.82, 2.24) is 19.6 Å². The van der Waals surface area contributed by atoms with E-state index in [1.807, 2.05) is 19.1 Å². The Hall–Kier alpha value is -2.89. The van der Waals surface area contributed by atoms with Crippen LogP contribution in [0.3, 0.4) is 0 Å². The molecular weight excluding hydrogens is 256 g/mol. The van der Waals surface area contributed by atoms with Crippen molar-refractivity contribution in [3.05, 3.63) is 47.5 Å². The van der Waals surface area contributed by atoms with Crippen molar-refractivity contribution < 1.29 is 9.59 Å². The average Bonchev–Trinajstić information content (AvgIpc) is 2.83. The highest BCUT2D eigenvalue weighted by molar-refractivity contribution is 6.52.